The molecule has 0 bridgehead atoms. The van der Waals surface area contributed by atoms with Gasteiger partial charge in [0.25, 0.3) is 0 Å². The average Bonchev–Trinajstić information content (AvgIpc) is 3.40. The zero-order chi connectivity index (χ0) is 19.2. The van der Waals surface area contributed by atoms with E-state index in [-0.39, 0.29) is 5.91 Å². The summed E-state index contributed by atoms with van der Waals surface area (Å²) in [5.41, 5.74) is 2.51. The van der Waals surface area contributed by atoms with E-state index in [4.69, 9.17) is 0 Å². The molecule has 0 spiro atoms. The summed E-state index contributed by atoms with van der Waals surface area (Å²) in [6.45, 7) is 7.23. The molecule has 1 heterocycles. The summed E-state index contributed by atoms with van der Waals surface area (Å²) in [6.07, 6.45) is 6.54. The zero-order valence-electron chi connectivity index (χ0n) is 16.9. The van der Waals surface area contributed by atoms with Gasteiger partial charge in [0.1, 0.15) is 11.6 Å². The van der Waals surface area contributed by atoms with Crippen LogP contribution in [0, 0.1) is 12.8 Å². The van der Waals surface area contributed by atoms with E-state index in [0.717, 1.165) is 30.9 Å². The molecule has 1 aromatic carbocycles. The van der Waals surface area contributed by atoms with E-state index in [2.05, 4.69) is 65.1 Å². The van der Waals surface area contributed by atoms with Crippen LogP contribution in [0.5, 0.6) is 0 Å². The van der Waals surface area contributed by atoms with Gasteiger partial charge in [-0.1, -0.05) is 43.7 Å². The van der Waals surface area contributed by atoms with Crippen molar-refractivity contribution in [1.82, 2.24) is 20.1 Å². The van der Waals surface area contributed by atoms with Crippen LogP contribution in [0.15, 0.2) is 24.3 Å². The lowest BCUT2D eigenvalue weighted by Crippen LogP contribution is -2.26. The maximum Gasteiger partial charge on any atom is 0.220 e. The quantitative estimate of drug-likeness (QED) is 0.694. The lowest BCUT2D eigenvalue weighted by molar-refractivity contribution is -0.121. The minimum atomic E-state index is 0.0937. The standard InChI is InChI=1S/C22H32N4O/c1-16(2)4-11-20-24-25-21(26(20)19-9-10-19)12-13-22(27)23-15-14-18-7-5-17(3)6-8-18/h5-8,16,19H,4,9-15H2,1-3H3,(H,23,27). The number of aryl methyl sites for hydroxylation is 3. The van der Waals surface area contributed by atoms with Gasteiger partial charge in [0, 0.05) is 31.8 Å². The normalized spacial score (nSPS) is 13.9. The van der Waals surface area contributed by atoms with Gasteiger partial charge in [-0.05, 0) is 44.1 Å². The summed E-state index contributed by atoms with van der Waals surface area (Å²) in [5, 5.41) is 11.8. The van der Waals surface area contributed by atoms with Crippen LogP contribution in [0.4, 0.5) is 0 Å². The maximum absolute atomic E-state index is 12.2. The molecule has 1 saturated carbocycles. The van der Waals surface area contributed by atoms with Crippen molar-refractivity contribution in [2.45, 2.75) is 71.8 Å². The molecule has 1 aliphatic carbocycles. The van der Waals surface area contributed by atoms with E-state index in [1.165, 1.54) is 24.0 Å². The molecule has 0 aliphatic heterocycles. The van der Waals surface area contributed by atoms with Crippen LogP contribution < -0.4 is 5.32 Å². The highest BCUT2D eigenvalue weighted by Crippen LogP contribution is 2.37. The number of hydrogen-bond donors (Lipinski definition) is 1. The zero-order valence-corrected chi connectivity index (χ0v) is 16.9. The fourth-order valence-electron chi connectivity index (χ4n) is 3.29. The van der Waals surface area contributed by atoms with Crippen molar-refractivity contribution in [2.24, 2.45) is 5.92 Å². The van der Waals surface area contributed by atoms with Crippen molar-refractivity contribution in [3.63, 3.8) is 0 Å². The number of nitrogens with zero attached hydrogens (tertiary/aromatic N) is 3. The van der Waals surface area contributed by atoms with E-state index in [9.17, 15) is 4.79 Å². The molecule has 1 aliphatic rings. The monoisotopic (exact) mass is 368 g/mol. The van der Waals surface area contributed by atoms with Crippen LogP contribution in [0.2, 0.25) is 0 Å². The van der Waals surface area contributed by atoms with Crippen molar-refractivity contribution in [2.75, 3.05) is 6.54 Å². The Morgan fingerprint density at radius 1 is 1.11 bits per heavy atom. The minimum Gasteiger partial charge on any atom is -0.356 e. The lowest BCUT2D eigenvalue weighted by atomic mass is 10.1. The number of aromatic nitrogens is 3. The molecule has 146 valence electrons. The smallest absolute Gasteiger partial charge is 0.220 e. The number of nitrogens with one attached hydrogen (secondary N) is 1. The second kappa shape index (κ2) is 9.16. The predicted octanol–water partition coefficient (Wildman–Crippen LogP) is 3.80. The van der Waals surface area contributed by atoms with Crippen molar-refractivity contribution in [3.05, 3.63) is 47.0 Å². The summed E-state index contributed by atoms with van der Waals surface area (Å²) in [4.78, 5) is 12.2. The molecule has 1 fully saturated rings. The molecule has 2 aromatic rings. The number of amides is 1. The third-order valence-electron chi connectivity index (χ3n) is 5.13. The van der Waals surface area contributed by atoms with Gasteiger partial charge < -0.3 is 9.88 Å². The van der Waals surface area contributed by atoms with E-state index < -0.39 is 0 Å². The highest BCUT2D eigenvalue weighted by Gasteiger charge is 2.29. The predicted molar refractivity (Wildman–Crippen MR) is 108 cm³/mol. The van der Waals surface area contributed by atoms with Crippen LogP contribution in [0.3, 0.4) is 0 Å². The molecule has 1 N–H and O–H groups in total. The highest BCUT2D eigenvalue weighted by atomic mass is 16.1. The van der Waals surface area contributed by atoms with Crippen LogP contribution in [-0.2, 0) is 24.1 Å². The second-order valence-electron chi connectivity index (χ2n) is 8.15. The van der Waals surface area contributed by atoms with Gasteiger partial charge in [-0.2, -0.15) is 0 Å². The Morgan fingerprint density at radius 3 is 2.41 bits per heavy atom. The Hall–Kier alpha value is -2.17. The van der Waals surface area contributed by atoms with Gasteiger partial charge in [-0.25, -0.2) is 0 Å². The number of hydrogen-bond acceptors (Lipinski definition) is 3. The molecule has 1 amide bonds. The summed E-state index contributed by atoms with van der Waals surface area (Å²) in [7, 11) is 0. The molecule has 0 radical (unpaired) electrons. The number of rotatable bonds is 10. The fourth-order valence-corrected chi connectivity index (χ4v) is 3.29. The number of carbonyl (C=O) groups is 1. The molecular weight excluding hydrogens is 336 g/mol. The van der Waals surface area contributed by atoms with E-state index in [1.807, 2.05) is 0 Å². The summed E-state index contributed by atoms with van der Waals surface area (Å²) >= 11 is 0. The molecule has 27 heavy (non-hydrogen) atoms. The molecule has 0 atom stereocenters. The van der Waals surface area contributed by atoms with Crippen molar-refractivity contribution in [1.29, 1.82) is 0 Å². The molecule has 5 nitrogen and oxygen atoms in total. The number of carbonyl (C=O) groups excluding carboxylic acids is 1. The Morgan fingerprint density at radius 2 is 1.78 bits per heavy atom. The molecule has 5 heteroatoms. The van der Waals surface area contributed by atoms with Crippen LogP contribution >= 0.6 is 0 Å². The first-order valence-electron chi connectivity index (χ1n) is 10.3. The van der Waals surface area contributed by atoms with Crippen LogP contribution in [-0.4, -0.2) is 27.2 Å². The second-order valence-corrected chi connectivity index (χ2v) is 8.15. The van der Waals surface area contributed by atoms with Crippen LogP contribution in [0.25, 0.3) is 0 Å². The van der Waals surface area contributed by atoms with E-state index in [0.29, 0.717) is 31.3 Å². The van der Waals surface area contributed by atoms with E-state index in [1.54, 1.807) is 0 Å². The Balaban J connectivity index is 1.46. The van der Waals surface area contributed by atoms with Gasteiger partial charge in [0.15, 0.2) is 0 Å². The Kier molecular flexibility index (Phi) is 6.64. The van der Waals surface area contributed by atoms with Gasteiger partial charge in [0.05, 0.1) is 0 Å². The van der Waals surface area contributed by atoms with Gasteiger partial charge in [-0.15, -0.1) is 10.2 Å². The topological polar surface area (TPSA) is 59.8 Å². The number of benzene rings is 1. The molecule has 3 rings (SSSR count). The van der Waals surface area contributed by atoms with Crippen LogP contribution in [0.1, 0.15) is 68.3 Å². The van der Waals surface area contributed by atoms with Gasteiger partial charge >= 0.3 is 0 Å². The SMILES string of the molecule is Cc1ccc(CCNC(=O)CCc2nnc(CCC(C)C)n2C2CC2)cc1. The van der Waals surface area contributed by atoms with Crippen molar-refractivity contribution in [3.8, 4) is 0 Å². The summed E-state index contributed by atoms with van der Waals surface area (Å²) in [5.74, 6) is 2.83. The Labute approximate surface area is 162 Å². The van der Waals surface area contributed by atoms with Crippen molar-refractivity contribution >= 4 is 5.91 Å². The molecule has 1 aromatic heterocycles. The molecule has 0 saturated heterocycles. The third kappa shape index (κ3) is 5.91. The van der Waals surface area contributed by atoms with E-state index >= 15 is 0 Å². The first-order chi connectivity index (χ1) is 13.0. The first-order valence-corrected chi connectivity index (χ1v) is 10.3. The van der Waals surface area contributed by atoms with Gasteiger partial charge in [0.2, 0.25) is 5.91 Å². The minimum absolute atomic E-state index is 0.0937. The van der Waals surface area contributed by atoms with Crippen molar-refractivity contribution < 1.29 is 4.79 Å². The lowest BCUT2D eigenvalue weighted by Gasteiger charge is -2.10. The molecular formula is C22H32N4O. The third-order valence-corrected chi connectivity index (χ3v) is 5.13. The first kappa shape index (κ1) is 19.6. The maximum atomic E-state index is 12.2. The van der Waals surface area contributed by atoms with Gasteiger partial charge in [-0.3, -0.25) is 4.79 Å². The molecule has 0 unspecified atom stereocenters. The summed E-state index contributed by atoms with van der Waals surface area (Å²) < 4.78 is 2.31. The summed E-state index contributed by atoms with van der Waals surface area (Å²) in [6, 6.07) is 9.02. The Bertz CT molecular complexity index is 744. The average molecular weight is 369 g/mol. The largest absolute Gasteiger partial charge is 0.356 e. The fraction of sp³-hybridized carbons (Fsp3) is 0.591. The highest BCUT2D eigenvalue weighted by molar-refractivity contribution is 5.76.